The zero-order valence-electron chi connectivity index (χ0n) is 10.9. The standard InChI is InChI=1S/C15H17ClN2O/c1-2-11-6-4-8-18-14(11)10-17-9-12-5-3-7-13(16)15(12)19/h3-8,17,19H,2,9-10H2,1H3. The number of benzene rings is 1. The van der Waals surface area contributed by atoms with Gasteiger partial charge < -0.3 is 10.4 Å². The van der Waals surface area contributed by atoms with Gasteiger partial charge in [-0.25, -0.2) is 0 Å². The molecule has 0 bridgehead atoms. The Balaban J connectivity index is 1.98. The van der Waals surface area contributed by atoms with E-state index in [9.17, 15) is 5.11 Å². The number of rotatable bonds is 5. The molecule has 0 fully saturated rings. The van der Waals surface area contributed by atoms with E-state index in [0.717, 1.165) is 17.7 Å². The third kappa shape index (κ3) is 3.46. The van der Waals surface area contributed by atoms with E-state index < -0.39 is 0 Å². The summed E-state index contributed by atoms with van der Waals surface area (Å²) >= 11 is 5.87. The van der Waals surface area contributed by atoms with Crippen molar-refractivity contribution in [3.63, 3.8) is 0 Å². The van der Waals surface area contributed by atoms with Gasteiger partial charge in [-0.3, -0.25) is 4.98 Å². The van der Waals surface area contributed by atoms with Gasteiger partial charge in [-0.2, -0.15) is 0 Å². The molecule has 0 aliphatic carbocycles. The van der Waals surface area contributed by atoms with Crippen molar-refractivity contribution in [1.29, 1.82) is 0 Å². The second kappa shape index (κ2) is 6.55. The number of para-hydroxylation sites is 1. The molecule has 0 spiro atoms. The summed E-state index contributed by atoms with van der Waals surface area (Å²) in [7, 11) is 0. The van der Waals surface area contributed by atoms with Crippen LogP contribution in [0.5, 0.6) is 5.75 Å². The van der Waals surface area contributed by atoms with Crippen LogP contribution in [-0.4, -0.2) is 10.1 Å². The van der Waals surface area contributed by atoms with Crippen LogP contribution in [0.1, 0.15) is 23.7 Å². The Morgan fingerprint density at radius 3 is 2.74 bits per heavy atom. The molecule has 1 aromatic heterocycles. The summed E-state index contributed by atoms with van der Waals surface area (Å²) in [6.07, 6.45) is 2.76. The van der Waals surface area contributed by atoms with Crippen molar-refractivity contribution in [2.24, 2.45) is 0 Å². The van der Waals surface area contributed by atoms with E-state index in [1.54, 1.807) is 12.3 Å². The molecule has 0 aliphatic heterocycles. The average molecular weight is 277 g/mol. The highest BCUT2D eigenvalue weighted by Gasteiger charge is 2.05. The Morgan fingerprint density at radius 2 is 1.95 bits per heavy atom. The molecule has 2 aromatic rings. The summed E-state index contributed by atoms with van der Waals surface area (Å²) in [5.74, 6) is 0.147. The van der Waals surface area contributed by atoms with Crippen LogP contribution in [0.4, 0.5) is 0 Å². The van der Waals surface area contributed by atoms with Gasteiger partial charge in [-0.1, -0.05) is 36.7 Å². The molecule has 0 amide bonds. The summed E-state index contributed by atoms with van der Waals surface area (Å²) < 4.78 is 0. The van der Waals surface area contributed by atoms with Crippen molar-refractivity contribution < 1.29 is 5.11 Å². The van der Waals surface area contributed by atoms with Gasteiger partial charge in [0.05, 0.1) is 10.7 Å². The molecule has 19 heavy (non-hydrogen) atoms. The van der Waals surface area contributed by atoms with E-state index in [4.69, 9.17) is 11.6 Å². The van der Waals surface area contributed by atoms with Crippen LogP contribution in [0, 0.1) is 0 Å². The van der Waals surface area contributed by atoms with E-state index >= 15 is 0 Å². The second-order valence-electron chi connectivity index (χ2n) is 4.31. The first-order valence-corrected chi connectivity index (χ1v) is 6.70. The summed E-state index contributed by atoms with van der Waals surface area (Å²) in [6, 6.07) is 9.39. The molecule has 0 saturated carbocycles. The Kier molecular flexibility index (Phi) is 4.77. The van der Waals surface area contributed by atoms with E-state index in [1.165, 1.54) is 5.56 Å². The number of phenolic OH excluding ortho intramolecular Hbond substituents is 1. The fourth-order valence-corrected chi connectivity index (χ4v) is 2.16. The molecule has 4 heteroatoms. The number of nitrogens with zero attached hydrogens (tertiary/aromatic N) is 1. The molecular weight excluding hydrogens is 260 g/mol. The van der Waals surface area contributed by atoms with Crippen LogP contribution in [0.15, 0.2) is 36.5 Å². The number of aromatic nitrogens is 1. The summed E-state index contributed by atoms with van der Waals surface area (Å²) in [5, 5.41) is 13.5. The van der Waals surface area contributed by atoms with Crippen LogP contribution < -0.4 is 5.32 Å². The SMILES string of the molecule is CCc1cccnc1CNCc1cccc(Cl)c1O. The van der Waals surface area contributed by atoms with Gasteiger partial charge in [0.1, 0.15) is 5.75 Å². The van der Waals surface area contributed by atoms with Crippen LogP contribution in [0.3, 0.4) is 0 Å². The van der Waals surface area contributed by atoms with E-state index in [2.05, 4.69) is 23.3 Å². The monoisotopic (exact) mass is 276 g/mol. The third-order valence-corrected chi connectivity index (χ3v) is 3.35. The van der Waals surface area contributed by atoms with Crippen LogP contribution in [0.25, 0.3) is 0 Å². The molecule has 0 saturated heterocycles. The minimum Gasteiger partial charge on any atom is -0.506 e. The van der Waals surface area contributed by atoms with Crippen molar-refractivity contribution in [3.8, 4) is 5.75 Å². The highest BCUT2D eigenvalue weighted by Crippen LogP contribution is 2.26. The lowest BCUT2D eigenvalue weighted by molar-refractivity contribution is 0.464. The third-order valence-electron chi connectivity index (χ3n) is 3.04. The van der Waals surface area contributed by atoms with E-state index in [0.29, 0.717) is 18.1 Å². The maximum atomic E-state index is 9.81. The van der Waals surface area contributed by atoms with Gasteiger partial charge in [0.2, 0.25) is 0 Å². The Hall–Kier alpha value is -1.58. The predicted molar refractivity (Wildman–Crippen MR) is 77.3 cm³/mol. The van der Waals surface area contributed by atoms with Gasteiger partial charge >= 0.3 is 0 Å². The minimum atomic E-state index is 0.147. The van der Waals surface area contributed by atoms with Gasteiger partial charge in [-0.15, -0.1) is 0 Å². The minimum absolute atomic E-state index is 0.147. The lowest BCUT2D eigenvalue weighted by Gasteiger charge is -2.09. The Morgan fingerprint density at radius 1 is 1.16 bits per heavy atom. The zero-order chi connectivity index (χ0) is 13.7. The molecular formula is C15H17ClN2O. The predicted octanol–water partition coefficient (Wildman–Crippen LogP) is 3.29. The van der Waals surface area contributed by atoms with Crippen LogP contribution in [0.2, 0.25) is 5.02 Å². The number of nitrogens with one attached hydrogen (secondary N) is 1. The molecule has 1 heterocycles. The molecule has 2 rings (SSSR count). The Bertz CT molecular complexity index is 558. The first kappa shape index (κ1) is 13.8. The van der Waals surface area contributed by atoms with Crippen LogP contribution >= 0.6 is 11.6 Å². The fourth-order valence-electron chi connectivity index (χ4n) is 1.97. The van der Waals surface area contributed by atoms with Crippen LogP contribution in [-0.2, 0) is 19.5 Å². The lowest BCUT2D eigenvalue weighted by atomic mass is 10.1. The van der Waals surface area contributed by atoms with Crippen molar-refractivity contribution in [2.75, 3.05) is 0 Å². The van der Waals surface area contributed by atoms with E-state index in [-0.39, 0.29) is 5.75 Å². The van der Waals surface area contributed by atoms with Gasteiger partial charge in [-0.05, 0) is 24.1 Å². The molecule has 100 valence electrons. The normalized spacial score (nSPS) is 10.6. The summed E-state index contributed by atoms with van der Waals surface area (Å²) in [6.45, 7) is 3.35. The number of phenols is 1. The first-order valence-electron chi connectivity index (χ1n) is 6.32. The molecule has 3 nitrogen and oxygen atoms in total. The molecule has 1 aromatic carbocycles. The molecule has 2 N–H and O–H groups in total. The average Bonchev–Trinajstić information content (AvgIpc) is 2.44. The number of pyridine rings is 1. The van der Waals surface area contributed by atoms with Crippen molar-refractivity contribution in [1.82, 2.24) is 10.3 Å². The van der Waals surface area contributed by atoms with Gasteiger partial charge in [0.15, 0.2) is 0 Å². The van der Waals surface area contributed by atoms with Crippen molar-refractivity contribution in [3.05, 3.63) is 58.4 Å². The van der Waals surface area contributed by atoms with Gasteiger partial charge in [0.25, 0.3) is 0 Å². The molecule has 0 aliphatic rings. The second-order valence-corrected chi connectivity index (χ2v) is 4.72. The van der Waals surface area contributed by atoms with E-state index in [1.807, 2.05) is 18.2 Å². The summed E-state index contributed by atoms with van der Waals surface area (Å²) in [4.78, 5) is 4.37. The van der Waals surface area contributed by atoms with Gasteiger partial charge in [0, 0.05) is 24.8 Å². The number of aryl methyl sites for hydroxylation is 1. The van der Waals surface area contributed by atoms with Crippen molar-refractivity contribution in [2.45, 2.75) is 26.4 Å². The lowest BCUT2D eigenvalue weighted by Crippen LogP contribution is -2.15. The first-order chi connectivity index (χ1) is 9.22. The largest absolute Gasteiger partial charge is 0.506 e. The number of aromatic hydroxyl groups is 1. The quantitative estimate of drug-likeness (QED) is 0.881. The summed E-state index contributed by atoms with van der Waals surface area (Å²) in [5.41, 5.74) is 3.08. The zero-order valence-corrected chi connectivity index (χ0v) is 11.6. The fraction of sp³-hybridized carbons (Fsp3) is 0.267. The molecule has 0 unspecified atom stereocenters. The highest BCUT2D eigenvalue weighted by atomic mass is 35.5. The molecule has 0 atom stereocenters. The van der Waals surface area contributed by atoms with Crippen molar-refractivity contribution >= 4 is 11.6 Å². The number of hydrogen-bond donors (Lipinski definition) is 2. The topological polar surface area (TPSA) is 45.2 Å². The smallest absolute Gasteiger partial charge is 0.138 e. The maximum absolute atomic E-state index is 9.81. The molecule has 0 radical (unpaired) electrons. The number of hydrogen-bond acceptors (Lipinski definition) is 3. The Labute approximate surface area is 118 Å². The number of halogens is 1. The highest BCUT2D eigenvalue weighted by molar-refractivity contribution is 6.32. The maximum Gasteiger partial charge on any atom is 0.138 e.